The van der Waals surface area contributed by atoms with E-state index in [2.05, 4.69) is 10.3 Å². The summed E-state index contributed by atoms with van der Waals surface area (Å²) in [5, 5.41) is 2.89. The van der Waals surface area contributed by atoms with Crippen molar-refractivity contribution in [2.75, 3.05) is 0 Å². The van der Waals surface area contributed by atoms with Crippen LogP contribution in [0, 0.1) is 0 Å². The van der Waals surface area contributed by atoms with Crippen LogP contribution >= 0.6 is 0 Å². The first-order chi connectivity index (χ1) is 4.27. The standard InChI is InChI=1S/C7H14N2/c1-4-5-8-6-9-7(2)3/h4-7H,1-3H3,(H,8,9)/b5-4-. The Bertz CT molecular complexity index is 103. The van der Waals surface area contributed by atoms with Gasteiger partial charge in [-0.05, 0) is 27.0 Å². The monoisotopic (exact) mass is 126 g/mol. The van der Waals surface area contributed by atoms with Gasteiger partial charge in [0, 0.05) is 6.04 Å². The summed E-state index contributed by atoms with van der Waals surface area (Å²) in [6.07, 6.45) is 5.46. The van der Waals surface area contributed by atoms with Crippen molar-refractivity contribution in [1.82, 2.24) is 5.32 Å². The van der Waals surface area contributed by atoms with E-state index in [-0.39, 0.29) is 0 Å². The van der Waals surface area contributed by atoms with Crippen molar-refractivity contribution in [2.45, 2.75) is 26.8 Å². The second-order valence-corrected chi connectivity index (χ2v) is 2.04. The maximum atomic E-state index is 4.07. The molecule has 0 bridgehead atoms. The van der Waals surface area contributed by atoms with Crippen molar-refractivity contribution in [3.05, 3.63) is 12.3 Å². The van der Waals surface area contributed by atoms with Gasteiger partial charge >= 0.3 is 0 Å². The highest BCUT2D eigenvalue weighted by atomic mass is 14.9. The molecule has 0 radical (unpaired) electrons. The number of hydrogen-bond acceptors (Lipinski definition) is 1. The Balaban J connectivity index is 3.25. The molecule has 0 aliphatic carbocycles. The number of rotatable bonds is 3. The Morgan fingerprint density at radius 3 is 2.56 bits per heavy atom. The minimum Gasteiger partial charge on any atom is -0.353 e. The summed E-state index contributed by atoms with van der Waals surface area (Å²) in [7, 11) is 0. The van der Waals surface area contributed by atoms with Crippen LogP contribution in [-0.2, 0) is 0 Å². The van der Waals surface area contributed by atoms with Crippen LogP contribution in [0.2, 0.25) is 0 Å². The van der Waals surface area contributed by atoms with Crippen molar-refractivity contribution in [1.29, 1.82) is 0 Å². The maximum Gasteiger partial charge on any atom is 0.0866 e. The second-order valence-electron chi connectivity index (χ2n) is 2.04. The SMILES string of the molecule is C/C=C\N/C=N\C(C)C. The summed E-state index contributed by atoms with van der Waals surface area (Å²) in [6.45, 7) is 6.03. The molecule has 0 saturated carbocycles. The lowest BCUT2D eigenvalue weighted by atomic mass is 10.4. The molecule has 0 fully saturated rings. The fourth-order valence-corrected chi connectivity index (χ4v) is 0.331. The van der Waals surface area contributed by atoms with Crippen LogP contribution in [-0.4, -0.2) is 12.4 Å². The largest absolute Gasteiger partial charge is 0.353 e. The highest BCUT2D eigenvalue weighted by molar-refractivity contribution is 5.55. The number of aliphatic imine (C=N–C) groups is 1. The van der Waals surface area contributed by atoms with E-state index in [9.17, 15) is 0 Å². The summed E-state index contributed by atoms with van der Waals surface area (Å²) < 4.78 is 0. The lowest BCUT2D eigenvalue weighted by Gasteiger charge is -1.92. The second kappa shape index (κ2) is 5.35. The van der Waals surface area contributed by atoms with Crippen molar-refractivity contribution in [3.8, 4) is 0 Å². The fraction of sp³-hybridized carbons (Fsp3) is 0.571. The zero-order valence-electron chi connectivity index (χ0n) is 6.26. The molecule has 0 aromatic carbocycles. The van der Waals surface area contributed by atoms with Crippen LogP contribution in [0.1, 0.15) is 20.8 Å². The average Bonchev–Trinajstić information content (AvgIpc) is 1.80. The van der Waals surface area contributed by atoms with Gasteiger partial charge in [0.05, 0.1) is 6.34 Å². The quantitative estimate of drug-likeness (QED) is 0.450. The third-order valence-corrected chi connectivity index (χ3v) is 0.710. The molecule has 0 aromatic rings. The van der Waals surface area contributed by atoms with E-state index in [1.165, 1.54) is 0 Å². The van der Waals surface area contributed by atoms with E-state index in [4.69, 9.17) is 0 Å². The molecule has 0 aliphatic heterocycles. The van der Waals surface area contributed by atoms with Gasteiger partial charge in [0.25, 0.3) is 0 Å². The number of nitrogens with zero attached hydrogens (tertiary/aromatic N) is 1. The van der Waals surface area contributed by atoms with E-state index in [0.29, 0.717) is 6.04 Å². The molecule has 1 N–H and O–H groups in total. The molecule has 0 saturated heterocycles. The van der Waals surface area contributed by atoms with Crippen molar-refractivity contribution in [2.24, 2.45) is 4.99 Å². The van der Waals surface area contributed by atoms with Crippen molar-refractivity contribution >= 4 is 6.34 Å². The number of nitrogens with one attached hydrogen (secondary N) is 1. The molecule has 0 spiro atoms. The lowest BCUT2D eigenvalue weighted by molar-refractivity contribution is 0.835. The van der Waals surface area contributed by atoms with Crippen molar-refractivity contribution < 1.29 is 0 Å². The summed E-state index contributed by atoms with van der Waals surface area (Å²) in [6, 6.07) is 0.378. The molecule has 2 nitrogen and oxygen atoms in total. The van der Waals surface area contributed by atoms with Crippen LogP contribution in [0.15, 0.2) is 17.3 Å². The third-order valence-electron chi connectivity index (χ3n) is 0.710. The van der Waals surface area contributed by atoms with E-state index >= 15 is 0 Å². The van der Waals surface area contributed by atoms with Gasteiger partial charge in [-0.1, -0.05) is 6.08 Å². The Kier molecular flexibility index (Phi) is 4.88. The van der Waals surface area contributed by atoms with Crippen LogP contribution in [0.5, 0.6) is 0 Å². The summed E-state index contributed by atoms with van der Waals surface area (Å²) in [4.78, 5) is 4.07. The molecule has 0 rings (SSSR count). The topological polar surface area (TPSA) is 24.4 Å². The first kappa shape index (κ1) is 8.21. The van der Waals surface area contributed by atoms with Gasteiger partial charge in [-0.2, -0.15) is 0 Å². The molecule has 52 valence electrons. The Hall–Kier alpha value is -0.790. The molecule has 0 aromatic heterocycles. The van der Waals surface area contributed by atoms with Gasteiger partial charge < -0.3 is 5.32 Å². The van der Waals surface area contributed by atoms with E-state index < -0.39 is 0 Å². The van der Waals surface area contributed by atoms with E-state index in [0.717, 1.165) is 0 Å². The molecule has 2 heteroatoms. The maximum absolute atomic E-state index is 4.07. The smallest absolute Gasteiger partial charge is 0.0866 e. The molecule has 9 heavy (non-hydrogen) atoms. The van der Waals surface area contributed by atoms with Crippen LogP contribution in [0.25, 0.3) is 0 Å². The Labute approximate surface area is 56.7 Å². The zero-order valence-corrected chi connectivity index (χ0v) is 6.26. The first-order valence-electron chi connectivity index (χ1n) is 3.16. The molecule has 0 aliphatic rings. The average molecular weight is 126 g/mol. The van der Waals surface area contributed by atoms with Crippen LogP contribution in [0.3, 0.4) is 0 Å². The molecule has 0 atom stereocenters. The molecular weight excluding hydrogens is 112 g/mol. The molecular formula is C7H14N2. The fourth-order valence-electron chi connectivity index (χ4n) is 0.331. The van der Waals surface area contributed by atoms with Crippen LogP contribution < -0.4 is 5.32 Å². The number of hydrogen-bond donors (Lipinski definition) is 1. The first-order valence-corrected chi connectivity index (χ1v) is 3.16. The van der Waals surface area contributed by atoms with Gasteiger partial charge in [0.15, 0.2) is 0 Å². The van der Waals surface area contributed by atoms with Crippen LogP contribution in [0.4, 0.5) is 0 Å². The third kappa shape index (κ3) is 7.21. The summed E-state index contributed by atoms with van der Waals surface area (Å²) >= 11 is 0. The lowest BCUT2D eigenvalue weighted by Crippen LogP contribution is -2.02. The van der Waals surface area contributed by atoms with E-state index in [1.807, 2.05) is 33.0 Å². The Morgan fingerprint density at radius 2 is 2.11 bits per heavy atom. The normalized spacial score (nSPS) is 12.0. The summed E-state index contributed by atoms with van der Waals surface area (Å²) in [5.41, 5.74) is 0. The molecule has 0 unspecified atom stereocenters. The minimum atomic E-state index is 0.378. The van der Waals surface area contributed by atoms with Gasteiger partial charge in [-0.15, -0.1) is 0 Å². The molecule has 0 heterocycles. The van der Waals surface area contributed by atoms with Gasteiger partial charge in [0.1, 0.15) is 0 Å². The Morgan fingerprint density at radius 1 is 1.44 bits per heavy atom. The summed E-state index contributed by atoms with van der Waals surface area (Å²) in [5.74, 6) is 0. The van der Waals surface area contributed by atoms with Gasteiger partial charge in [-0.25, -0.2) is 0 Å². The van der Waals surface area contributed by atoms with E-state index in [1.54, 1.807) is 6.34 Å². The van der Waals surface area contributed by atoms with Crippen molar-refractivity contribution in [3.63, 3.8) is 0 Å². The predicted octanol–water partition coefficient (Wildman–Crippen LogP) is 1.55. The van der Waals surface area contributed by atoms with Gasteiger partial charge in [0.2, 0.25) is 0 Å². The zero-order chi connectivity index (χ0) is 7.11. The highest BCUT2D eigenvalue weighted by Crippen LogP contribution is 1.80. The predicted molar refractivity (Wildman–Crippen MR) is 41.6 cm³/mol. The highest BCUT2D eigenvalue weighted by Gasteiger charge is 1.79. The minimum absolute atomic E-state index is 0.378. The van der Waals surface area contributed by atoms with Gasteiger partial charge in [-0.3, -0.25) is 4.99 Å². The number of allylic oxidation sites excluding steroid dienone is 1. The molecule has 0 amide bonds.